The van der Waals surface area contributed by atoms with Crippen molar-refractivity contribution in [3.63, 3.8) is 0 Å². The van der Waals surface area contributed by atoms with E-state index in [1.54, 1.807) is 6.07 Å². The molecule has 0 aromatic heterocycles. The third-order valence-corrected chi connectivity index (χ3v) is 2.91. The summed E-state index contributed by atoms with van der Waals surface area (Å²) in [7, 11) is 0. The smallest absolute Gasteiger partial charge is 0.123 e. The average molecular weight is 292 g/mol. The summed E-state index contributed by atoms with van der Waals surface area (Å²) in [5, 5.41) is 1.57. The largest absolute Gasteiger partial charge is 0.207 e. The summed E-state index contributed by atoms with van der Waals surface area (Å²) in [6.07, 6.45) is 3.83. The molecule has 0 radical (unpaired) electrons. The van der Waals surface area contributed by atoms with Crippen LogP contribution in [0.3, 0.4) is 0 Å². The van der Waals surface area contributed by atoms with Gasteiger partial charge in [0.1, 0.15) is 5.82 Å². The van der Waals surface area contributed by atoms with Crippen molar-refractivity contribution in [1.29, 1.82) is 0 Å². The van der Waals surface area contributed by atoms with Gasteiger partial charge in [0.2, 0.25) is 0 Å². The fourth-order valence-electron chi connectivity index (χ4n) is 1.35. The Morgan fingerprint density at radius 2 is 2.27 bits per heavy atom. The molecular formula is C12H13BrClF. The minimum atomic E-state index is -0.234. The number of halogens is 3. The van der Waals surface area contributed by atoms with Crippen LogP contribution >= 0.6 is 27.5 Å². The molecule has 0 unspecified atom stereocenters. The second kappa shape index (κ2) is 6.29. The highest BCUT2D eigenvalue weighted by Crippen LogP contribution is 2.20. The van der Waals surface area contributed by atoms with Crippen molar-refractivity contribution in [1.82, 2.24) is 0 Å². The topological polar surface area (TPSA) is 0 Å². The zero-order chi connectivity index (χ0) is 11.3. The third-order valence-electron chi connectivity index (χ3n) is 2.08. The SMILES string of the molecule is C/C(=C/CCBr)Cc1cc(F)ccc1Cl. The maximum Gasteiger partial charge on any atom is 0.123 e. The van der Waals surface area contributed by atoms with Crippen LogP contribution in [-0.2, 0) is 6.42 Å². The van der Waals surface area contributed by atoms with Gasteiger partial charge in [0.05, 0.1) is 0 Å². The summed E-state index contributed by atoms with van der Waals surface area (Å²) in [4.78, 5) is 0. The molecule has 0 aliphatic rings. The first-order valence-electron chi connectivity index (χ1n) is 4.79. The van der Waals surface area contributed by atoms with Crippen molar-refractivity contribution in [2.24, 2.45) is 0 Å². The molecule has 0 bridgehead atoms. The van der Waals surface area contributed by atoms with Gasteiger partial charge < -0.3 is 0 Å². The maximum atomic E-state index is 13.0. The highest BCUT2D eigenvalue weighted by Gasteiger charge is 2.02. The predicted octanol–water partition coefficient (Wildman–Crippen LogP) is 4.75. The van der Waals surface area contributed by atoms with E-state index in [0.29, 0.717) is 11.4 Å². The molecule has 0 heterocycles. The molecule has 0 nitrogen and oxygen atoms in total. The first-order valence-corrected chi connectivity index (χ1v) is 6.29. The first-order chi connectivity index (χ1) is 7.13. The Hall–Kier alpha value is -0.340. The fraction of sp³-hybridized carbons (Fsp3) is 0.333. The molecule has 0 saturated carbocycles. The highest BCUT2D eigenvalue weighted by atomic mass is 79.9. The Morgan fingerprint density at radius 3 is 2.93 bits per heavy atom. The van der Waals surface area contributed by atoms with Gasteiger partial charge >= 0.3 is 0 Å². The number of rotatable bonds is 4. The second-order valence-electron chi connectivity index (χ2n) is 3.44. The number of hydrogen-bond donors (Lipinski definition) is 0. The van der Waals surface area contributed by atoms with Crippen LogP contribution in [0.2, 0.25) is 5.02 Å². The van der Waals surface area contributed by atoms with Crippen molar-refractivity contribution in [3.8, 4) is 0 Å². The highest BCUT2D eigenvalue weighted by molar-refractivity contribution is 9.09. The molecule has 0 atom stereocenters. The molecule has 0 N–H and O–H groups in total. The lowest BCUT2D eigenvalue weighted by Gasteiger charge is -2.04. The van der Waals surface area contributed by atoms with Crippen molar-refractivity contribution in [2.45, 2.75) is 19.8 Å². The molecule has 0 amide bonds. The quantitative estimate of drug-likeness (QED) is 0.554. The molecule has 0 saturated heterocycles. The van der Waals surface area contributed by atoms with Gasteiger partial charge in [0, 0.05) is 10.4 Å². The van der Waals surface area contributed by atoms with E-state index in [2.05, 4.69) is 22.0 Å². The molecule has 0 spiro atoms. The van der Waals surface area contributed by atoms with E-state index in [9.17, 15) is 4.39 Å². The van der Waals surface area contributed by atoms with Crippen LogP contribution in [0.5, 0.6) is 0 Å². The Kier molecular flexibility index (Phi) is 5.34. The maximum absolute atomic E-state index is 13.0. The zero-order valence-corrected chi connectivity index (χ0v) is 10.9. The van der Waals surface area contributed by atoms with Gasteiger partial charge in [-0.05, 0) is 43.5 Å². The Bertz CT molecular complexity index is 361. The van der Waals surface area contributed by atoms with Crippen LogP contribution in [0.25, 0.3) is 0 Å². The lowest BCUT2D eigenvalue weighted by atomic mass is 10.1. The number of hydrogen-bond acceptors (Lipinski definition) is 0. The number of allylic oxidation sites excluding steroid dienone is 2. The summed E-state index contributed by atoms with van der Waals surface area (Å²) in [6, 6.07) is 4.47. The molecule has 0 aliphatic carbocycles. The lowest BCUT2D eigenvalue weighted by molar-refractivity contribution is 0.626. The van der Waals surface area contributed by atoms with Crippen LogP contribution in [0, 0.1) is 5.82 Å². The van der Waals surface area contributed by atoms with Gasteiger partial charge in [0.15, 0.2) is 0 Å². The summed E-state index contributed by atoms with van der Waals surface area (Å²) in [5.41, 5.74) is 2.06. The summed E-state index contributed by atoms with van der Waals surface area (Å²) in [5.74, 6) is -0.234. The van der Waals surface area contributed by atoms with E-state index in [4.69, 9.17) is 11.6 Å². The van der Waals surface area contributed by atoms with Gasteiger partial charge in [-0.3, -0.25) is 0 Å². The molecule has 1 aromatic carbocycles. The normalized spacial score (nSPS) is 11.9. The zero-order valence-electron chi connectivity index (χ0n) is 8.56. The molecule has 1 rings (SSSR count). The molecular weight excluding hydrogens is 278 g/mol. The van der Waals surface area contributed by atoms with E-state index in [1.807, 2.05) is 6.92 Å². The Balaban J connectivity index is 2.75. The Morgan fingerprint density at radius 1 is 1.53 bits per heavy atom. The molecule has 1 aromatic rings. The van der Waals surface area contributed by atoms with Gasteiger partial charge in [-0.2, -0.15) is 0 Å². The predicted molar refractivity (Wildman–Crippen MR) is 67.3 cm³/mol. The van der Waals surface area contributed by atoms with Crippen LogP contribution in [0.4, 0.5) is 4.39 Å². The lowest BCUT2D eigenvalue weighted by Crippen LogP contribution is -1.90. The average Bonchev–Trinajstić information content (AvgIpc) is 2.20. The standard InChI is InChI=1S/C12H13BrClF/c1-9(3-2-6-13)7-10-8-11(15)4-5-12(10)14/h3-5,8H,2,6-7H2,1H3/b9-3-. The second-order valence-corrected chi connectivity index (χ2v) is 4.64. The van der Waals surface area contributed by atoms with E-state index in [-0.39, 0.29) is 5.82 Å². The molecule has 0 fully saturated rings. The first kappa shape index (κ1) is 12.7. The van der Waals surface area contributed by atoms with E-state index >= 15 is 0 Å². The third kappa shape index (κ3) is 4.35. The van der Waals surface area contributed by atoms with Crippen LogP contribution < -0.4 is 0 Å². The van der Waals surface area contributed by atoms with Gasteiger partial charge in [-0.15, -0.1) is 0 Å². The molecule has 15 heavy (non-hydrogen) atoms. The summed E-state index contributed by atoms with van der Waals surface area (Å²) >= 11 is 9.33. The minimum absolute atomic E-state index is 0.234. The molecule has 3 heteroatoms. The van der Waals surface area contributed by atoms with Crippen molar-refractivity contribution in [3.05, 3.63) is 46.3 Å². The fourth-order valence-corrected chi connectivity index (χ4v) is 1.77. The van der Waals surface area contributed by atoms with Crippen LogP contribution in [0.15, 0.2) is 29.8 Å². The van der Waals surface area contributed by atoms with Crippen LogP contribution in [0.1, 0.15) is 18.9 Å². The summed E-state index contributed by atoms with van der Waals surface area (Å²) < 4.78 is 13.0. The monoisotopic (exact) mass is 290 g/mol. The van der Waals surface area contributed by atoms with Gasteiger partial charge in [-0.25, -0.2) is 4.39 Å². The molecule has 0 aliphatic heterocycles. The van der Waals surface area contributed by atoms with Gasteiger partial charge in [0.25, 0.3) is 0 Å². The minimum Gasteiger partial charge on any atom is -0.207 e. The Labute approximate surface area is 103 Å². The van der Waals surface area contributed by atoms with Crippen molar-refractivity contribution >= 4 is 27.5 Å². The van der Waals surface area contributed by atoms with Crippen molar-refractivity contribution in [2.75, 3.05) is 5.33 Å². The number of alkyl halides is 1. The van der Waals surface area contributed by atoms with Crippen LogP contribution in [-0.4, -0.2) is 5.33 Å². The summed E-state index contributed by atoms with van der Waals surface area (Å²) in [6.45, 7) is 2.03. The van der Waals surface area contributed by atoms with E-state index in [1.165, 1.54) is 17.7 Å². The van der Waals surface area contributed by atoms with Crippen molar-refractivity contribution < 1.29 is 4.39 Å². The molecule has 82 valence electrons. The van der Waals surface area contributed by atoms with E-state index in [0.717, 1.165) is 17.3 Å². The number of benzene rings is 1. The van der Waals surface area contributed by atoms with E-state index < -0.39 is 0 Å². The van der Waals surface area contributed by atoms with Gasteiger partial charge in [-0.1, -0.05) is 39.2 Å².